The first kappa shape index (κ1) is 47.0. The molecule has 0 N–H and O–H groups in total. The SMILES string of the molecule is CCCCC(CC)COc1cc(C[PH](c2ccccc2)(c2ccccc2)c2ccccc2)c(OCC(CC)CCCC)cc1C[PH](c1ccccc1)(c1ccccc1)c1ccccc1. The van der Waals surface area contributed by atoms with Gasteiger partial charge in [0.1, 0.15) is 0 Å². The summed E-state index contributed by atoms with van der Waals surface area (Å²) in [5.74, 6) is 2.99. The Kier molecular flexibility index (Phi) is 17.5. The Hall–Kier alpha value is -5.00. The Bertz CT molecular complexity index is 2020. The van der Waals surface area contributed by atoms with Crippen molar-refractivity contribution in [1.82, 2.24) is 0 Å². The number of unbranched alkanes of at least 4 members (excludes halogenated alkanes) is 2. The molecule has 0 aromatic heterocycles. The quantitative estimate of drug-likeness (QED) is 0.0563. The van der Waals surface area contributed by atoms with Crippen LogP contribution in [0.1, 0.15) is 90.2 Å². The molecule has 0 aliphatic rings. The molecule has 0 saturated heterocycles. The van der Waals surface area contributed by atoms with Gasteiger partial charge in [-0.25, -0.2) is 0 Å². The monoisotopic (exact) mass is 887 g/mol. The number of rotatable bonds is 24. The van der Waals surface area contributed by atoms with Crippen LogP contribution in [0.4, 0.5) is 0 Å². The Morgan fingerprint density at radius 1 is 0.359 bits per heavy atom. The van der Waals surface area contributed by atoms with Gasteiger partial charge in [-0.2, -0.15) is 0 Å². The Labute approximate surface area is 387 Å². The average Bonchev–Trinajstić information content (AvgIpc) is 3.37. The van der Waals surface area contributed by atoms with Crippen molar-refractivity contribution in [3.05, 3.63) is 205 Å². The van der Waals surface area contributed by atoms with Crippen LogP contribution < -0.4 is 41.3 Å². The van der Waals surface area contributed by atoms with E-state index in [0.29, 0.717) is 25.0 Å². The Morgan fingerprint density at radius 3 is 0.828 bits per heavy atom. The van der Waals surface area contributed by atoms with Crippen molar-refractivity contribution in [2.24, 2.45) is 11.8 Å². The van der Waals surface area contributed by atoms with Gasteiger partial charge in [0.2, 0.25) is 0 Å². The van der Waals surface area contributed by atoms with Crippen molar-refractivity contribution in [3.63, 3.8) is 0 Å². The Morgan fingerprint density at radius 2 is 0.609 bits per heavy atom. The molecule has 0 radical (unpaired) electrons. The average molecular weight is 887 g/mol. The molecule has 2 atom stereocenters. The first-order chi connectivity index (χ1) is 31.5. The summed E-state index contributed by atoms with van der Waals surface area (Å²) in [5.41, 5.74) is 2.47. The third-order valence-electron chi connectivity index (χ3n) is 13.8. The van der Waals surface area contributed by atoms with Crippen molar-refractivity contribution < 1.29 is 9.47 Å². The second kappa shape index (κ2) is 23.8. The van der Waals surface area contributed by atoms with Gasteiger partial charge in [-0.15, -0.1) is 0 Å². The topological polar surface area (TPSA) is 18.5 Å². The molecule has 0 aliphatic carbocycles. The zero-order chi connectivity index (χ0) is 44.5. The molecule has 0 fully saturated rings. The molecule has 334 valence electrons. The van der Waals surface area contributed by atoms with E-state index in [-0.39, 0.29) is 0 Å². The van der Waals surface area contributed by atoms with Crippen LogP contribution in [0.15, 0.2) is 194 Å². The van der Waals surface area contributed by atoms with Crippen molar-refractivity contribution in [1.29, 1.82) is 0 Å². The van der Waals surface area contributed by atoms with Crippen LogP contribution in [0.5, 0.6) is 11.5 Å². The summed E-state index contributed by atoms with van der Waals surface area (Å²) in [6.45, 7) is 10.7. The fourth-order valence-electron chi connectivity index (χ4n) is 9.92. The van der Waals surface area contributed by atoms with Crippen molar-refractivity contribution >= 4 is 46.4 Å². The van der Waals surface area contributed by atoms with Crippen LogP contribution >= 0.6 is 14.5 Å². The van der Waals surface area contributed by atoms with E-state index >= 15 is 0 Å². The fourth-order valence-corrected chi connectivity index (χ4v) is 19.4. The van der Waals surface area contributed by atoms with Crippen LogP contribution in [-0.2, 0) is 12.3 Å². The van der Waals surface area contributed by atoms with Crippen molar-refractivity contribution in [2.75, 3.05) is 13.2 Å². The molecule has 0 bridgehead atoms. The molecule has 0 aliphatic heterocycles. The standard InChI is InChI=1S/C60H72O2P2/c1-5-9-29-49(7-3)45-61-59-43-52(48-64(56-37-23-14-24-38-56,57-39-25-15-26-40-57)58-41-27-16-28-42-58)60(62-46-50(8-4)30-10-6-2)44-51(59)47-63(53-31-17-11-18-32-53,54-33-19-12-20-34-54)55-35-21-13-22-36-55/h11-28,31-44,49-50,63-64H,5-10,29-30,45-48H2,1-4H3. The number of hydrogen-bond acceptors (Lipinski definition) is 2. The van der Waals surface area contributed by atoms with Gasteiger partial charge in [0.15, 0.2) is 0 Å². The second-order valence-electron chi connectivity index (χ2n) is 17.9. The summed E-state index contributed by atoms with van der Waals surface area (Å²) < 4.78 is 14.7. The minimum atomic E-state index is -2.72. The third kappa shape index (κ3) is 11.1. The second-order valence-corrected chi connectivity index (χ2v) is 25.7. The van der Waals surface area contributed by atoms with Gasteiger partial charge in [-0.05, 0) is 0 Å². The molecule has 7 aromatic carbocycles. The van der Waals surface area contributed by atoms with Gasteiger partial charge in [-0.1, -0.05) is 0 Å². The summed E-state index contributed by atoms with van der Waals surface area (Å²) >= 11 is 0. The summed E-state index contributed by atoms with van der Waals surface area (Å²) in [5, 5.41) is 8.38. The van der Waals surface area contributed by atoms with Crippen LogP contribution in [0.2, 0.25) is 0 Å². The van der Waals surface area contributed by atoms with Crippen molar-refractivity contribution in [2.45, 2.75) is 91.4 Å². The van der Waals surface area contributed by atoms with Crippen LogP contribution in [0.3, 0.4) is 0 Å². The van der Waals surface area contributed by atoms with E-state index in [4.69, 9.17) is 9.47 Å². The molecule has 7 aromatic rings. The van der Waals surface area contributed by atoms with Gasteiger partial charge in [0, 0.05) is 0 Å². The molecular formula is C60H72O2P2. The zero-order valence-electron chi connectivity index (χ0n) is 38.9. The first-order valence-corrected chi connectivity index (χ1v) is 28.7. The summed E-state index contributed by atoms with van der Waals surface area (Å²) in [7, 11) is -5.45. The maximum absolute atomic E-state index is 7.35. The van der Waals surface area contributed by atoms with E-state index in [0.717, 1.165) is 36.7 Å². The van der Waals surface area contributed by atoms with Gasteiger partial charge in [0.25, 0.3) is 0 Å². The van der Waals surface area contributed by atoms with Crippen LogP contribution in [0.25, 0.3) is 0 Å². The van der Waals surface area contributed by atoms with Crippen LogP contribution in [-0.4, -0.2) is 13.2 Å². The van der Waals surface area contributed by atoms with Gasteiger partial charge in [-0.3, -0.25) is 0 Å². The Balaban J connectivity index is 1.50. The molecule has 0 amide bonds. The van der Waals surface area contributed by atoms with Crippen LogP contribution in [0, 0.1) is 11.8 Å². The summed E-state index contributed by atoms with van der Waals surface area (Å²) in [6, 6.07) is 72.9. The number of benzene rings is 7. The van der Waals surface area contributed by atoms with E-state index in [1.54, 1.807) is 0 Å². The molecule has 2 unspecified atom stereocenters. The summed E-state index contributed by atoms with van der Waals surface area (Å²) in [4.78, 5) is 0. The normalized spacial score (nSPS) is 13.2. The number of hydrogen-bond donors (Lipinski definition) is 0. The maximum atomic E-state index is 7.35. The summed E-state index contributed by atoms with van der Waals surface area (Å²) in [6.07, 6.45) is 11.1. The zero-order valence-corrected chi connectivity index (χ0v) is 40.9. The third-order valence-corrected chi connectivity index (χ3v) is 23.5. The van der Waals surface area contributed by atoms with E-state index in [1.165, 1.54) is 81.5 Å². The molecule has 0 heterocycles. The number of ether oxygens (including phenoxy) is 2. The van der Waals surface area contributed by atoms with E-state index in [9.17, 15) is 0 Å². The van der Waals surface area contributed by atoms with Crippen molar-refractivity contribution in [3.8, 4) is 11.5 Å². The predicted molar refractivity (Wildman–Crippen MR) is 285 cm³/mol. The fraction of sp³-hybridized carbons (Fsp3) is 0.300. The first-order valence-electron chi connectivity index (χ1n) is 24.3. The molecule has 7 rings (SSSR count). The molecular weight excluding hydrogens is 815 g/mol. The molecule has 0 saturated carbocycles. The molecule has 64 heavy (non-hydrogen) atoms. The van der Waals surface area contributed by atoms with Gasteiger partial charge >= 0.3 is 389 Å². The van der Waals surface area contributed by atoms with E-state index < -0.39 is 14.5 Å². The van der Waals surface area contributed by atoms with Gasteiger partial charge < -0.3 is 0 Å². The predicted octanol–water partition coefficient (Wildman–Crippen LogP) is 13.3. The molecule has 0 spiro atoms. The molecule has 4 heteroatoms. The van der Waals surface area contributed by atoms with E-state index in [2.05, 4.69) is 222 Å². The van der Waals surface area contributed by atoms with Gasteiger partial charge in [0.05, 0.1) is 0 Å². The minimum absolute atomic E-state index is 0.488. The molecule has 2 nitrogen and oxygen atoms in total. The van der Waals surface area contributed by atoms with E-state index in [1.807, 2.05) is 0 Å².